The van der Waals surface area contributed by atoms with E-state index in [0.29, 0.717) is 23.3 Å². The molecule has 1 aromatic heterocycles. The third kappa shape index (κ3) is 5.97. The molecular formula is C25H25ClFN3O6. The summed E-state index contributed by atoms with van der Waals surface area (Å²) in [7, 11) is 1.41. The Morgan fingerprint density at radius 1 is 1.22 bits per heavy atom. The van der Waals surface area contributed by atoms with Gasteiger partial charge in [0.05, 0.1) is 36.7 Å². The number of aliphatic hydroxyl groups is 2. The number of ether oxygens (including phenoxy) is 2. The lowest BCUT2D eigenvalue weighted by molar-refractivity contribution is 0.0395. The lowest BCUT2D eigenvalue weighted by atomic mass is 9.96. The minimum atomic E-state index is -1.79. The van der Waals surface area contributed by atoms with E-state index >= 15 is 0 Å². The fourth-order valence-electron chi connectivity index (χ4n) is 3.38. The molecule has 0 aliphatic carbocycles. The summed E-state index contributed by atoms with van der Waals surface area (Å²) in [5.74, 6) is -0.507. The molecule has 0 aliphatic rings. The van der Waals surface area contributed by atoms with E-state index in [2.05, 4.69) is 10.3 Å². The van der Waals surface area contributed by atoms with Gasteiger partial charge in [-0.3, -0.25) is 9.59 Å². The number of benzene rings is 2. The molecule has 1 unspecified atom stereocenters. The zero-order chi connectivity index (χ0) is 26.3. The highest BCUT2D eigenvalue weighted by Crippen LogP contribution is 2.30. The minimum absolute atomic E-state index is 0.0629. The maximum atomic E-state index is 13.6. The van der Waals surface area contributed by atoms with Crippen LogP contribution in [0.15, 0.2) is 48.5 Å². The van der Waals surface area contributed by atoms with Gasteiger partial charge in [0.1, 0.15) is 18.0 Å². The average Bonchev–Trinajstić information content (AvgIpc) is 2.91. The number of carbonyl (C=O) groups excluding carboxylic acids is 2. The second-order valence-corrected chi connectivity index (χ2v) is 8.14. The molecule has 0 radical (unpaired) electrons. The van der Waals surface area contributed by atoms with Gasteiger partial charge in [-0.05, 0) is 48.5 Å². The number of amides is 1. The summed E-state index contributed by atoms with van der Waals surface area (Å²) < 4.78 is 24.2. The number of aromatic nitrogens is 1. The van der Waals surface area contributed by atoms with E-state index in [4.69, 9.17) is 31.9 Å². The summed E-state index contributed by atoms with van der Waals surface area (Å²) >= 11 is 5.88. The Morgan fingerprint density at radius 2 is 2.00 bits per heavy atom. The molecule has 9 nitrogen and oxygen atoms in total. The molecule has 5 N–H and O–H groups in total. The van der Waals surface area contributed by atoms with Crippen LogP contribution in [0.25, 0.3) is 11.3 Å². The number of rotatable bonds is 11. The summed E-state index contributed by atoms with van der Waals surface area (Å²) in [6.45, 7) is -0.722. The van der Waals surface area contributed by atoms with Gasteiger partial charge < -0.3 is 30.7 Å². The second-order valence-electron chi connectivity index (χ2n) is 7.74. The van der Waals surface area contributed by atoms with Gasteiger partial charge in [-0.1, -0.05) is 11.6 Å². The largest absolute Gasteiger partial charge is 0.493 e. The molecule has 3 rings (SSSR count). The van der Waals surface area contributed by atoms with Gasteiger partial charge in [-0.25, -0.2) is 9.37 Å². The Morgan fingerprint density at radius 3 is 2.64 bits per heavy atom. The lowest BCUT2D eigenvalue weighted by Gasteiger charge is -2.27. The van der Waals surface area contributed by atoms with Crippen LogP contribution < -0.4 is 20.5 Å². The highest BCUT2D eigenvalue weighted by molar-refractivity contribution is 6.31. The third-order valence-corrected chi connectivity index (χ3v) is 5.67. The molecule has 0 spiro atoms. The van der Waals surface area contributed by atoms with Gasteiger partial charge in [0.2, 0.25) is 0 Å². The number of hydrogen-bond donors (Lipinski definition) is 4. The summed E-state index contributed by atoms with van der Waals surface area (Å²) in [6.07, 6.45) is 0.577. The molecule has 0 fully saturated rings. The fourth-order valence-corrected chi connectivity index (χ4v) is 3.56. The van der Waals surface area contributed by atoms with Crippen molar-refractivity contribution < 1.29 is 33.7 Å². The first-order valence-electron chi connectivity index (χ1n) is 10.8. The normalized spacial score (nSPS) is 12.5. The SMILES string of the molecule is COc1cc(C(=O)NCC(O)(CN)c2ccc(C=O)c(-c3ccc(F)c(Cl)c3)n2)ccc1OCCO. The third-order valence-electron chi connectivity index (χ3n) is 5.38. The van der Waals surface area contributed by atoms with Crippen LogP contribution in [-0.4, -0.2) is 60.8 Å². The van der Waals surface area contributed by atoms with E-state index in [9.17, 15) is 19.1 Å². The lowest BCUT2D eigenvalue weighted by Crippen LogP contribution is -2.46. The summed E-state index contributed by atoms with van der Waals surface area (Å²) in [6, 6.07) is 11.2. The maximum Gasteiger partial charge on any atom is 0.251 e. The number of nitrogens with two attached hydrogens (primary N) is 1. The fraction of sp³-hybridized carbons (Fsp3) is 0.240. The number of nitrogens with zero attached hydrogens (tertiary/aromatic N) is 1. The first-order chi connectivity index (χ1) is 17.3. The van der Waals surface area contributed by atoms with E-state index in [1.54, 1.807) is 0 Å². The monoisotopic (exact) mass is 517 g/mol. The second kappa shape index (κ2) is 11.9. The summed E-state index contributed by atoms with van der Waals surface area (Å²) in [5.41, 5.74) is 5.11. The molecule has 0 bridgehead atoms. The molecule has 0 aliphatic heterocycles. The topological polar surface area (TPSA) is 144 Å². The number of methoxy groups -OCH3 is 1. The Balaban J connectivity index is 1.85. The van der Waals surface area contributed by atoms with Crippen molar-refractivity contribution in [1.82, 2.24) is 10.3 Å². The van der Waals surface area contributed by atoms with Crippen molar-refractivity contribution in [3.8, 4) is 22.8 Å². The Bertz CT molecular complexity index is 1260. The zero-order valence-electron chi connectivity index (χ0n) is 19.3. The van der Waals surface area contributed by atoms with Gasteiger partial charge in [0, 0.05) is 23.2 Å². The van der Waals surface area contributed by atoms with Gasteiger partial charge >= 0.3 is 0 Å². The van der Waals surface area contributed by atoms with Crippen LogP contribution in [0.1, 0.15) is 26.4 Å². The Kier molecular flexibility index (Phi) is 8.94. The number of nitrogens with one attached hydrogen (secondary N) is 1. The standard InChI is InChI=1S/C25H25ClFN3O6/c1-35-21-11-16(3-6-20(21)36-9-8-31)24(33)29-14-25(34,13-28)22-7-4-17(12-32)23(30-22)15-2-5-19(27)18(26)10-15/h2-7,10-12,31,34H,8-9,13-14,28H2,1H3,(H,29,33). The number of halogens is 2. The Hall–Kier alpha value is -3.57. The average molecular weight is 518 g/mol. The van der Waals surface area contributed by atoms with Gasteiger partial charge in [0.25, 0.3) is 5.91 Å². The molecule has 1 amide bonds. The van der Waals surface area contributed by atoms with Crippen LogP contribution in [0, 0.1) is 5.82 Å². The highest BCUT2D eigenvalue weighted by atomic mass is 35.5. The molecular weight excluding hydrogens is 493 g/mol. The Labute approximate surface area is 211 Å². The highest BCUT2D eigenvalue weighted by Gasteiger charge is 2.31. The van der Waals surface area contributed by atoms with E-state index in [-0.39, 0.29) is 53.8 Å². The molecule has 0 saturated carbocycles. The number of pyridine rings is 1. The molecule has 2 aromatic carbocycles. The number of carbonyl (C=O) groups is 2. The predicted octanol–water partition coefficient (Wildman–Crippen LogP) is 2.31. The van der Waals surface area contributed by atoms with Crippen molar-refractivity contribution in [2.45, 2.75) is 5.60 Å². The van der Waals surface area contributed by atoms with Crippen LogP contribution in [0.2, 0.25) is 5.02 Å². The van der Waals surface area contributed by atoms with Crippen molar-refractivity contribution in [3.05, 3.63) is 76.2 Å². The van der Waals surface area contributed by atoms with E-state index in [1.807, 2.05) is 0 Å². The van der Waals surface area contributed by atoms with Crippen LogP contribution in [-0.2, 0) is 5.60 Å². The molecule has 36 heavy (non-hydrogen) atoms. The number of aldehydes is 1. The van der Waals surface area contributed by atoms with Gasteiger partial charge in [-0.15, -0.1) is 0 Å². The van der Waals surface area contributed by atoms with Crippen LogP contribution in [0.5, 0.6) is 11.5 Å². The van der Waals surface area contributed by atoms with Crippen molar-refractivity contribution in [3.63, 3.8) is 0 Å². The van der Waals surface area contributed by atoms with Crippen LogP contribution in [0.3, 0.4) is 0 Å². The van der Waals surface area contributed by atoms with Crippen molar-refractivity contribution in [2.24, 2.45) is 5.73 Å². The van der Waals surface area contributed by atoms with E-state index in [1.165, 1.54) is 49.6 Å². The predicted molar refractivity (Wildman–Crippen MR) is 131 cm³/mol. The maximum absolute atomic E-state index is 13.6. The van der Waals surface area contributed by atoms with E-state index in [0.717, 1.165) is 6.07 Å². The zero-order valence-corrected chi connectivity index (χ0v) is 20.1. The number of hydrogen-bond acceptors (Lipinski definition) is 8. The van der Waals surface area contributed by atoms with E-state index < -0.39 is 17.3 Å². The van der Waals surface area contributed by atoms with Gasteiger partial charge in [0.15, 0.2) is 17.8 Å². The van der Waals surface area contributed by atoms with Crippen LogP contribution >= 0.6 is 11.6 Å². The van der Waals surface area contributed by atoms with Crippen molar-refractivity contribution >= 4 is 23.8 Å². The summed E-state index contributed by atoms with van der Waals surface area (Å²) in [5, 5.41) is 22.6. The molecule has 3 aromatic rings. The first-order valence-corrected chi connectivity index (χ1v) is 11.2. The molecule has 0 saturated heterocycles. The minimum Gasteiger partial charge on any atom is -0.493 e. The van der Waals surface area contributed by atoms with Crippen molar-refractivity contribution in [1.29, 1.82) is 0 Å². The number of aliphatic hydroxyl groups excluding tert-OH is 1. The molecule has 1 atom stereocenters. The summed E-state index contributed by atoms with van der Waals surface area (Å²) in [4.78, 5) is 28.7. The first kappa shape index (κ1) is 27.0. The quantitative estimate of drug-likeness (QED) is 0.284. The molecule has 11 heteroatoms. The molecule has 1 heterocycles. The smallest absolute Gasteiger partial charge is 0.251 e. The van der Waals surface area contributed by atoms with Gasteiger partial charge in [-0.2, -0.15) is 0 Å². The molecule has 190 valence electrons. The van der Waals surface area contributed by atoms with Crippen LogP contribution in [0.4, 0.5) is 4.39 Å². The van der Waals surface area contributed by atoms with Crippen molar-refractivity contribution in [2.75, 3.05) is 33.4 Å².